The molecular formula is C17H28N2. The summed E-state index contributed by atoms with van der Waals surface area (Å²) < 4.78 is 0. The van der Waals surface area contributed by atoms with E-state index in [1.807, 2.05) is 0 Å². The lowest BCUT2D eigenvalue weighted by molar-refractivity contribution is 0.118. The van der Waals surface area contributed by atoms with E-state index in [2.05, 4.69) is 37.8 Å². The van der Waals surface area contributed by atoms with Crippen molar-refractivity contribution in [2.24, 2.45) is 5.73 Å². The second-order valence-electron chi connectivity index (χ2n) is 6.07. The molecule has 0 atom stereocenters. The minimum atomic E-state index is 0.798. The summed E-state index contributed by atoms with van der Waals surface area (Å²) in [7, 11) is 0. The van der Waals surface area contributed by atoms with Crippen LogP contribution in [-0.2, 0) is 6.54 Å². The van der Waals surface area contributed by atoms with Gasteiger partial charge in [-0.3, -0.25) is 4.90 Å². The average Bonchev–Trinajstić information content (AvgIpc) is 2.27. The molecule has 106 valence electrons. The Labute approximate surface area is 118 Å². The van der Waals surface area contributed by atoms with Crippen molar-refractivity contribution in [3.63, 3.8) is 0 Å². The van der Waals surface area contributed by atoms with Crippen molar-refractivity contribution in [3.8, 4) is 0 Å². The Bertz CT molecular complexity index is 398. The van der Waals surface area contributed by atoms with E-state index >= 15 is 0 Å². The molecule has 19 heavy (non-hydrogen) atoms. The minimum Gasteiger partial charge on any atom is -0.330 e. The Hall–Kier alpha value is -0.860. The van der Waals surface area contributed by atoms with E-state index in [4.69, 9.17) is 5.73 Å². The van der Waals surface area contributed by atoms with Gasteiger partial charge in [0, 0.05) is 12.6 Å². The largest absolute Gasteiger partial charge is 0.330 e. The standard InChI is InChI=1S/C17H28N2/c1-13-10-14(2)17(15(3)11-13)12-19(9-5-8-18)16-6-4-7-16/h10-11,16H,4-9,12,18H2,1-3H3. The van der Waals surface area contributed by atoms with Gasteiger partial charge in [-0.2, -0.15) is 0 Å². The number of hydrogen-bond acceptors (Lipinski definition) is 2. The van der Waals surface area contributed by atoms with E-state index < -0.39 is 0 Å². The number of rotatable bonds is 6. The van der Waals surface area contributed by atoms with Crippen LogP contribution in [0.5, 0.6) is 0 Å². The monoisotopic (exact) mass is 260 g/mol. The third-order valence-corrected chi connectivity index (χ3v) is 4.44. The van der Waals surface area contributed by atoms with Gasteiger partial charge < -0.3 is 5.73 Å². The molecule has 0 radical (unpaired) electrons. The molecule has 2 N–H and O–H groups in total. The van der Waals surface area contributed by atoms with Crippen LogP contribution in [0.25, 0.3) is 0 Å². The fourth-order valence-electron chi connectivity index (χ4n) is 3.10. The molecule has 0 saturated heterocycles. The second-order valence-corrected chi connectivity index (χ2v) is 6.07. The Morgan fingerprint density at radius 3 is 2.26 bits per heavy atom. The van der Waals surface area contributed by atoms with E-state index in [9.17, 15) is 0 Å². The van der Waals surface area contributed by atoms with Crippen molar-refractivity contribution in [2.45, 2.75) is 59.0 Å². The summed E-state index contributed by atoms with van der Waals surface area (Å²) in [6.45, 7) is 9.72. The highest BCUT2D eigenvalue weighted by Gasteiger charge is 2.25. The predicted octanol–water partition coefficient (Wildman–Crippen LogP) is 3.32. The third kappa shape index (κ3) is 3.58. The van der Waals surface area contributed by atoms with Gasteiger partial charge in [-0.05, 0) is 69.8 Å². The molecule has 2 rings (SSSR count). The van der Waals surface area contributed by atoms with Crippen molar-refractivity contribution in [1.29, 1.82) is 0 Å². The van der Waals surface area contributed by atoms with E-state index in [1.54, 1.807) is 0 Å². The minimum absolute atomic E-state index is 0.798. The smallest absolute Gasteiger partial charge is 0.0241 e. The molecule has 0 bridgehead atoms. The first kappa shape index (κ1) is 14.5. The summed E-state index contributed by atoms with van der Waals surface area (Å²) >= 11 is 0. The average molecular weight is 260 g/mol. The van der Waals surface area contributed by atoms with Gasteiger partial charge in [0.25, 0.3) is 0 Å². The topological polar surface area (TPSA) is 29.3 Å². The molecule has 0 spiro atoms. The van der Waals surface area contributed by atoms with Gasteiger partial charge in [0.15, 0.2) is 0 Å². The molecule has 1 aromatic rings. The van der Waals surface area contributed by atoms with Crippen LogP contribution >= 0.6 is 0 Å². The molecule has 1 saturated carbocycles. The highest BCUT2D eigenvalue weighted by molar-refractivity contribution is 5.37. The molecule has 1 aliphatic carbocycles. The Morgan fingerprint density at radius 1 is 1.16 bits per heavy atom. The maximum atomic E-state index is 5.68. The van der Waals surface area contributed by atoms with Gasteiger partial charge >= 0.3 is 0 Å². The van der Waals surface area contributed by atoms with E-state index in [-0.39, 0.29) is 0 Å². The second kappa shape index (κ2) is 6.53. The summed E-state index contributed by atoms with van der Waals surface area (Å²) in [6.07, 6.45) is 5.25. The van der Waals surface area contributed by atoms with Crippen LogP contribution in [-0.4, -0.2) is 24.0 Å². The zero-order chi connectivity index (χ0) is 13.8. The third-order valence-electron chi connectivity index (χ3n) is 4.44. The Balaban J connectivity index is 2.11. The first-order valence-corrected chi connectivity index (χ1v) is 7.62. The molecule has 0 amide bonds. The van der Waals surface area contributed by atoms with Gasteiger partial charge in [0.2, 0.25) is 0 Å². The number of aryl methyl sites for hydroxylation is 3. The molecule has 0 heterocycles. The summed E-state index contributed by atoms with van der Waals surface area (Å²) in [4.78, 5) is 2.65. The molecule has 2 nitrogen and oxygen atoms in total. The first-order chi connectivity index (χ1) is 9.11. The quantitative estimate of drug-likeness (QED) is 0.850. The summed E-state index contributed by atoms with van der Waals surface area (Å²) in [5.41, 5.74) is 11.5. The van der Waals surface area contributed by atoms with Crippen LogP contribution < -0.4 is 5.73 Å². The molecular weight excluding hydrogens is 232 g/mol. The Kier molecular flexibility index (Phi) is 5.00. The fourth-order valence-corrected chi connectivity index (χ4v) is 3.10. The fraction of sp³-hybridized carbons (Fsp3) is 0.647. The van der Waals surface area contributed by atoms with Crippen LogP contribution in [0, 0.1) is 20.8 Å². The van der Waals surface area contributed by atoms with Gasteiger partial charge in [0.05, 0.1) is 0 Å². The van der Waals surface area contributed by atoms with E-state index in [1.165, 1.54) is 41.5 Å². The zero-order valence-electron chi connectivity index (χ0n) is 12.7. The Morgan fingerprint density at radius 2 is 1.79 bits per heavy atom. The number of hydrogen-bond donors (Lipinski definition) is 1. The predicted molar refractivity (Wildman–Crippen MR) is 82.4 cm³/mol. The van der Waals surface area contributed by atoms with Crippen LogP contribution in [0.1, 0.15) is 47.9 Å². The van der Waals surface area contributed by atoms with Crippen molar-refractivity contribution < 1.29 is 0 Å². The normalized spacial score (nSPS) is 15.8. The van der Waals surface area contributed by atoms with Crippen molar-refractivity contribution in [3.05, 3.63) is 34.4 Å². The number of nitrogens with two attached hydrogens (primary N) is 1. The lowest BCUT2D eigenvalue weighted by Crippen LogP contribution is -2.41. The highest BCUT2D eigenvalue weighted by atomic mass is 15.2. The molecule has 0 aliphatic heterocycles. The van der Waals surface area contributed by atoms with Crippen molar-refractivity contribution in [2.75, 3.05) is 13.1 Å². The summed E-state index contributed by atoms with van der Waals surface area (Å²) in [5.74, 6) is 0. The number of benzene rings is 1. The maximum Gasteiger partial charge on any atom is 0.0241 e. The van der Waals surface area contributed by atoms with Crippen LogP contribution in [0.3, 0.4) is 0 Å². The van der Waals surface area contributed by atoms with Crippen LogP contribution in [0.4, 0.5) is 0 Å². The van der Waals surface area contributed by atoms with Crippen LogP contribution in [0.15, 0.2) is 12.1 Å². The molecule has 1 fully saturated rings. The highest BCUT2D eigenvalue weighted by Crippen LogP contribution is 2.28. The van der Waals surface area contributed by atoms with Gasteiger partial charge in [0.1, 0.15) is 0 Å². The lowest BCUT2D eigenvalue weighted by atomic mass is 9.90. The molecule has 1 aromatic carbocycles. The van der Waals surface area contributed by atoms with E-state index in [0.29, 0.717) is 0 Å². The molecule has 1 aliphatic rings. The first-order valence-electron chi connectivity index (χ1n) is 7.62. The van der Waals surface area contributed by atoms with Gasteiger partial charge in [-0.25, -0.2) is 0 Å². The molecule has 0 aromatic heterocycles. The zero-order valence-corrected chi connectivity index (χ0v) is 12.7. The van der Waals surface area contributed by atoms with Crippen molar-refractivity contribution >= 4 is 0 Å². The maximum absolute atomic E-state index is 5.68. The summed E-state index contributed by atoms with van der Waals surface area (Å²) in [5, 5.41) is 0. The van der Waals surface area contributed by atoms with Crippen LogP contribution in [0.2, 0.25) is 0 Å². The lowest BCUT2D eigenvalue weighted by Gasteiger charge is -2.38. The van der Waals surface area contributed by atoms with Gasteiger partial charge in [-0.1, -0.05) is 24.1 Å². The number of nitrogens with zero attached hydrogens (tertiary/aromatic N) is 1. The van der Waals surface area contributed by atoms with E-state index in [0.717, 1.165) is 32.1 Å². The molecule has 0 unspecified atom stereocenters. The molecule has 2 heteroatoms. The van der Waals surface area contributed by atoms with Gasteiger partial charge in [-0.15, -0.1) is 0 Å². The summed E-state index contributed by atoms with van der Waals surface area (Å²) in [6, 6.07) is 5.42. The van der Waals surface area contributed by atoms with Crippen molar-refractivity contribution in [1.82, 2.24) is 4.90 Å². The SMILES string of the molecule is Cc1cc(C)c(CN(CCCN)C2CCC2)c(C)c1.